The first kappa shape index (κ1) is 25.4. The second kappa shape index (κ2) is 14.5. The Morgan fingerprint density at radius 2 is 1.39 bits per heavy atom. The number of amides is 1. The van der Waals surface area contributed by atoms with E-state index in [0.717, 1.165) is 31.8 Å². The number of ether oxygens (including phenoxy) is 4. The number of esters is 3. The molecule has 0 aromatic rings. The van der Waals surface area contributed by atoms with E-state index in [-0.39, 0.29) is 12.8 Å². The van der Waals surface area contributed by atoms with Crippen molar-refractivity contribution in [2.75, 3.05) is 13.7 Å². The van der Waals surface area contributed by atoms with E-state index < -0.39 is 36.6 Å². The lowest BCUT2D eigenvalue weighted by Crippen LogP contribution is -2.50. The lowest BCUT2D eigenvalue weighted by molar-refractivity contribution is -0.334. The van der Waals surface area contributed by atoms with Gasteiger partial charge in [-0.3, -0.25) is 9.59 Å². The predicted molar refractivity (Wildman–Crippen MR) is 99.9 cm³/mol. The largest absolute Gasteiger partial charge is 0.461 e. The Morgan fingerprint density at radius 3 is 1.79 bits per heavy atom. The Labute approximate surface area is 165 Å². The molecule has 0 aromatic carbocycles. The van der Waals surface area contributed by atoms with Gasteiger partial charge in [0.1, 0.15) is 0 Å². The highest BCUT2D eigenvalue weighted by atomic mass is 16.9. The summed E-state index contributed by atoms with van der Waals surface area (Å²) < 4.78 is 20.1. The lowest BCUT2D eigenvalue weighted by Gasteiger charge is -2.30. The summed E-state index contributed by atoms with van der Waals surface area (Å²) in [5.74, 6) is -4.89. The van der Waals surface area contributed by atoms with E-state index in [1.807, 2.05) is 13.8 Å². The quantitative estimate of drug-likeness (QED) is 0.204. The van der Waals surface area contributed by atoms with Gasteiger partial charge in [0.05, 0.1) is 0 Å². The van der Waals surface area contributed by atoms with Crippen LogP contribution in [0.2, 0.25) is 0 Å². The highest BCUT2D eigenvalue weighted by Crippen LogP contribution is 2.21. The zero-order valence-electron chi connectivity index (χ0n) is 16.9. The normalized spacial score (nSPS) is 10.5. The summed E-state index contributed by atoms with van der Waals surface area (Å²) in [4.78, 5) is 47.5. The standard InChI is InChI=1S/C19H31NO8/c1-5-8-10-12-16(22)26-19(28-18(24)20-4,14-25-15(21)7-3)27-17(23)13-11-9-6-2/h7H,3,5-6,8-14H2,1-2,4H3,(H,20,24). The SMILES string of the molecule is C=CC(=O)OCC(OC(=O)CCCCC)(OC(=O)CCCCC)OC(=O)NC. The fourth-order valence-electron chi connectivity index (χ4n) is 2.05. The number of alkyl carbamates (subject to hydrolysis) is 1. The molecule has 160 valence electrons. The molecule has 9 heteroatoms. The molecule has 0 rings (SSSR count). The Kier molecular flexibility index (Phi) is 13.1. The summed E-state index contributed by atoms with van der Waals surface area (Å²) in [5.41, 5.74) is 0. The Bertz CT molecular complexity index is 508. The number of hydrogen-bond acceptors (Lipinski definition) is 8. The summed E-state index contributed by atoms with van der Waals surface area (Å²) in [5, 5.41) is 2.17. The highest BCUT2D eigenvalue weighted by molar-refractivity contribution is 5.81. The molecule has 0 saturated heterocycles. The summed E-state index contributed by atoms with van der Waals surface area (Å²) in [6.45, 7) is 6.37. The Balaban J connectivity index is 5.40. The average Bonchev–Trinajstić information content (AvgIpc) is 2.66. The van der Waals surface area contributed by atoms with Crippen molar-refractivity contribution in [3.05, 3.63) is 12.7 Å². The molecule has 0 unspecified atom stereocenters. The molecule has 0 fully saturated rings. The minimum atomic E-state index is -2.51. The molecule has 1 amide bonds. The van der Waals surface area contributed by atoms with Crippen LogP contribution >= 0.6 is 0 Å². The topological polar surface area (TPSA) is 117 Å². The van der Waals surface area contributed by atoms with E-state index in [2.05, 4.69) is 11.9 Å². The first-order valence-corrected chi connectivity index (χ1v) is 9.46. The van der Waals surface area contributed by atoms with Crippen LogP contribution in [-0.4, -0.2) is 43.6 Å². The molecular formula is C19H31NO8. The molecule has 0 radical (unpaired) electrons. The van der Waals surface area contributed by atoms with Crippen LogP contribution in [0.15, 0.2) is 12.7 Å². The van der Waals surface area contributed by atoms with E-state index in [1.54, 1.807) is 0 Å². The van der Waals surface area contributed by atoms with Crippen molar-refractivity contribution in [3.63, 3.8) is 0 Å². The van der Waals surface area contributed by atoms with Crippen LogP contribution < -0.4 is 5.32 Å². The minimum Gasteiger partial charge on any atom is -0.450 e. The molecule has 9 nitrogen and oxygen atoms in total. The third kappa shape index (κ3) is 11.2. The van der Waals surface area contributed by atoms with Gasteiger partial charge in [0, 0.05) is 26.0 Å². The lowest BCUT2D eigenvalue weighted by atomic mass is 10.2. The minimum absolute atomic E-state index is 0.0233. The number of carbonyl (C=O) groups is 4. The zero-order valence-corrected chi connectivity index (χ0v) is 16.9. The third-order valence-corrected chi connectivity index (χ3v) is 3.52. The van der Waals surface area contributed by atoms with Gasteiger partial charge >= 0.3 is 30.0 Å². The first-order chi connectivity index (χ1) is 13.3. The fraction of sp³-hybridized carbons (Fsp3) is 0.684. The van der Waals surface area contributed by atoms with Crippen LogP contribution in [0.25, 0.3) is 0 Å². The van der Waals surface area contributed by atoms with Crippen LogP contribution in [0.1, 0.15) is 65.2 Å². The van der Waals surface area contributed by atoms with Gasteiger partial charge in [0.2, 0.25) is 6.61 Å². The van der Waals surface area contributed by atoms with E-state index in [4.69, 9.17) is 18.9 Å². The number of hydrogen-bond donors (Lipinski definition) is 1. The van der Waals surface area contributed by atoms with E-state index in [1.165, 1.54) is 7.05 Å². The highest BCUT2D eigenvalue weighted by Gasteiger charge is 2.45. The zero-order chi connectivity index (χ0) is 21.4. The van der Waals surface area contributed by atoms with Crippen LogP contribution in [0.4, 0.5) is 4.79 Å². The number of unbranched alkanes of at least 4 members (excludes halogenated alkanes) is 4. The van der Waals surface area contributed by atoms with Crippen molar-refractivity contribution < 1.29 is 38.1 Å². The van der Waals surface area contributed by atoms with Crippen LogP contribution in [0.3, 0.4) is 0 Å². The maximum Gasteiger partial charge on any atom is 0.461 e. The van der Waals surface area contributed by atoms with Crippen LogP contribution in [0.5, 0.6) is 0 Å². The summed E-state index contributed by atoms with van der Waals surface area (Å²) in [7, 11) is 1.27. The fourth-order valence-corrected chi connectivity index (χ4v) is 2.05. The molecule has 0 aromatic heterocycles. The molecule has 0 aliphatic carbocycles. The van der Waals surface area contributed by atoms with Gasteiger partial charge in [-0.25, -0.2) is 9.59 Å². The summed E-state index contributed by atoms with van der Waals surface area (Å²) in [6.07, 6.45) is 4.33. The second-order valence-corrected chi connectivity index (χ2v) is 6.00. The van der Waals surface area contributed by atoms with Crippen molar-refractivity contribution in [3.8, 4) is 0 Å². The van der Waals surface area contributed by atoms with Gasteiger partial charge in [-0.05, 0) is 12.8 Å². The molecule has 0 heterocycles. The van der Waals surface area contributed by atoms with Crippen LogP contribution in [0, 0.1) is 0 Å². The maximum absolute atomic E-state index is 12.2. The number of rotatable bonds is 14. The second-order valence-electron chi connectivity index (χ2n) is 6.00. The van der Waals surface area contributed by atoms with Gasteiger partial charge in [0.25, 0.3) is 0 Å². The summed E-state index contributed by atoms with van der Waals surface area (Å²) >= 11 is 0. The van der Waals surface area contributed by atoms with Crippen LogP contribution in [-0.2, 0) is 33.3 Å². The summed E-state index contributed by atoms with van der Waals surface area (Å²) in [6, 6.07) is 0. The molecule has 0 aliphatic rings. The Morgan fingerprint density at radius 1 is 0.893 bits per heavy atom. The first-order valence-electron chi connectivity index (χ1n) is 9.46. The van der Waals surface area contributed by atoms with Gasteiger partial charge in [0.15, 0.2) is 0 Å². The maximum atomic E-state index is 12.2. The predicted octanol–water partition coefficient (Wildman–Crippen LogP) is 2.97. The smallest absolute Gasteiger partial charge is 0.450 e. The molecule has 0 aliphatic heterocycles. The van der Waals surface area contributed by atoms with Gasteiger partial charge < -0.3 is 24.3 Å². The molecular weight excluding hydrogens is 370 g/mol. The molecule has 0 spiro atoms. The number of carbonyl (C=O) groups excluding carboxylic acids is 4. The molecule has 0 saturated carbocycles. The van der Waals surface area contributed by atoms with Crippen molar-refractivity contribution in [1.82, 2.24) is 5.32 Å². The molecule has 1 N–H and O–H groups in total. The average molecular weight is 401 g/mol. The van der Waals surface area contributed by atoms with Gasteiger partial charge in [-0.15, -0.1) is 0 Å². The van der Waals surface area contributed by atoms with Crippen molar-refractivity contribution in [1.29, 1.82) is 0 Å². The molecule has 0 atom stereocenters. The van der Waals surface area contributed by atoms with Crippen molar-refractivity contribution in [2.24, 2.45) is 0 Å². The third-order valence-electron chi connectivity index (χ3n) is 3.52. The Hall–Kier alpha value is -2.58. The van der Waals surface area contributed by atoms with Gasteiger partial charge in [-0.2, -0.15) is 0 Å². The molecule has 28 heavy (non-hydrogen) atoms. The van der Waals surface area contributed by atoms with Crippen molar-refractivity contribution in [2.45, 2.75) is 71.2 Å². The monoisotopic (exact) mass is 401 g/mol. The van der Waals surface area contributed by atoms with Gasteiger partial charge in [-0.1, -0.05) is 46.1 Å². The van der Waals surface area contributed by atoms with E-state index >= 15 is 0 Å². The molecule has 0 bridgehead atoms. The number of nitrogens with one attached hydrogen (secondary N) is 1. The van der Waals surface area contributed by atoms with Crippen molar-refractivity contribution >= 4 is 24.0 Å². The van der Waals surface area contributed by atoms with E-state index in [0.29, 0.717) is 12.8 Å². The van der Waals surface area contributed by atoms with E-state index in [9.17, 15) is 19.2 Å².